The Kier molecular flexibility index (Phi) is 6.04. The summed E-state index contributed by atoms with van der Waals surface area (Å²) in [7, 11) is 0. The molecule has 0 aliphatic carbocycles. The standard InChI is InChI=1S/C14H12F3N3O4S/c15-14(16,17)25-10-3-1-8(2-4-10)12(21)18-6-5-9-7-11(20-24-9)13(22)19-23/h1-4,7,23H,5-6H2,(H,18,21)(H,19,22). The Morgan fingerprint density at radius 2 is 1.88 bits per heavy atom. The molecule has 25 heavy (non-hydrogen) atoms. The minimum atomic E-state index is -4.38. The topological polar surface area (TPSA) is 104 Å². The molecule has 134 valence electrons. The number of thioether (sulfide) groups is 1. The van der Waals surface area contributed by atoms with Gasteiger partial charge in [0.2, 0.25) is 0 Å². The number of hydrogen-bond donors (Lipinski definition) is 3. The lowest BCUT2D eigenvalue weighted by Crippen LogP contribution is -2.25. The molecule has 0 radical (unpaired) electrons. The average Bonchev–Trinajstić information content (AvgIpc) is 3.02. The number of benzene rings is 1. The van der Waals surface area contributed by atoms with E-state index in [0.717, 1.165) is 0 Å². The number of rotatable bonds is 6. The minimum Gasteiger partial charge on any atom is -0.361 e. The number of hydroxylamine groups is 1. The second-order valence-electron chi connectivity index (χ2n) is 4.70. The highest BCUT2D eigenvalue weighted by molar-refractivity contribution is 8.00. The van der Waals surface area contributed by atoms with Crippen LogP contribution in [-0.2, 0) is 6.42 Å². The molecule has 1 heterocycles. The predicted octanol–water partition coefficient (Wildman–Crippen LogP) is 2.38. The van der Waals surface area contributed by atoms with Crippen LogP contribution in [0.2, 0.25) is 0 Å². The van der Waals surface area contributed by atoms with E-state index in [-0.39, 0.29) is 40.9 Å². The van der Waals surface area contributed by atoms with E-state index in [1.54, 1.807) is 0 Å². The van der Waals surface area contributed by atoms with Gasteiger partial charge in [-0.3, -0.25) is 14.8 Å². The maximum Gasteiger partial charge on any atom is 0.446 e. The zero-order valence-electron chi connectivity index (χ0n) is 12.5. The second-order valence-corrected chi connectivity index (χ2v) is 5.84. The average molecular weight is 375 g/mol. The van der Waals surface area contributed by atoms with E-state index < -0.39 is 17.3 Å². The summed E-state index contributed by atoms with van der Waals surface area (Å²) in [6, 6.07) is 6.32. The Hall–Kier alpha value is -2.53. The van der Waals surface area contributed by atoms with Gasteiger partial charge in [-0.25, -0.2) is 5.48 Å². The van der Waals surface area contributed by atoms with E-state index in [4.69, 9.17) is 9.73 Å². The first-order valence-corrected chi connectivity index (χ1v) is 7.64. The van der Waals surface area contributed by atoms with Gasteiger partial charge in [0.1, 0.15) is 5.76 Å². The summed E-state index contributed by atoms with van der Waals surface area (Å²) in [5.41, 5.74) is -2.87. The summed E-state index contributed by atoms with van der Waals surface area (Å²) >= 11 is -0.259. The largest absolute Gasteiger partial charge is 0.446 e. The Balaban J connectivity index is 1.84. The predicted molar refractivity (Wildman–Crippen MR) is 80.1 cm³/mol. The number of alkyl halides is 3. The van der Waals surface area contributed by atoms with Crippen LogP contribution in [0.25, 0.3) is 0 Å². The maximum absolute atomic E-state index is 12.2. The number of nitrogens with zero attached hydrogens (tertiary/aromatic N) is 1. The molecular formula is C14H12F3N3O4S. The van der Waals surface area contributed by atoms with Crippen molar-refractivity contribution in [2.24, 2.45) is 0 Å². The van der Waals surface area contributed by atoms with E-state index in [9.17, 15) is 22.8 Å². The number of aromatic nitrogens is 1. The Morgan fingerprint density at radius 3 is 2.48 bits per heavy atom. The third kappa shape index (κ3) is 5.80. The van der Waals surface area contributed by atoms with Gasteiger partial charge in [-0.15, -0.1) is 0 Å². The van der Waals surface area contributed by atoms with Gasteiger partial charge in [-0.1, -0.05) is 5.16 Å². The van der Waals surface area contributed by atoms with Gasteiger partial charge in [-0.05, 0) is 36.0 Å². The first kappa shape index (κ1) is 18.8. The van der Waals surface area contributed by atoms with Gasteiger partial charge < -0.3 is 9.84 Å². The third-order valence-electron chi connectivity index (χ3n) is 2.90. The molecule has 1 aromatic heterocycles. The summed E-state index contributed by atoms with van der Waals surface area (Å²) in [4.78, 5) is 23.0. The number of carbonyl (C=O) groups is 2. The van der Waals surface area contributed by atoms with E-state index in [1.807, 2.05) is 0 Å². The van der Waals surface area contributed by atoms with E-state index in [2.05, 4.69) is 10.5 Å². The van der Waals surface area contributed by atoms with Crippen molar-refractivity contribution in [2.45, 2.75) is 16.8 Å². The lowest BCUT2D eigenvalue weighted by molar-refractivity contribution is -0.0328. The van der Waals surface area contributed by atoms with E-state index in [0.29, 0.717) is 5.76 Å². The number of amides is 2. The molecule has 11 heteroatoms. The van der Waals surface area contributed by atoms with Crippen LogP contribution in [0, 0.1) is 0 Å². The van der Waals surface area contributed by atoms with Crippen molar-refractivity contribution < 1.29 is 32.5 Å². The molecule has 0 fully saturated rings. The molecule has 2 aromatic rings. The van der Waals surface area contributed by atoms with Crippen LogP contribution < -0.4 is 10.8 Å². The van der Waals surface area contributed by atoms with Crippen molar-refractivity contribution in [3.63, 3.8) is 0 Å². The summed E-state index contributed by atoms with van der Waals surface area (Å²) in [5.74, 6) is -0.969. The second kappa shape index (κ2) is 8.03. The summed E-state index contributed by atoms with van der Waals surface area (Å²) in [6.45, 7) is 0.160. The van der Waals surface area contributed by atoms with Gasteiger partial charge >= 0.3 is 5.51 Å². The zero-order chi connectivity index (χ0) is 18.4. The van der Waals surface area contributed by atoms with E-state index in [1.165, 1.54) is 35.8 Å². The fourth-order valence-electron chi connectivity index (χ4n) is 1.80. The molecule has 2 rings (SSSR count). The van der Waals surface area contributed by atoms with Crippen LogP contribution in [0.1, 0.15) is 26.6 Å². The number of halogens is 3. The Labute approximate surface area is 143 Å². The van der Waals surface area contributed by atoms with Crippen LogP contribution in [0.4, 0.5) is 13.2 Å². The molecule has 7 nitrogen and oxygen atoms in total. The highest BCUT2D eigenvalue weighted by Crippen LogP contribution is 2.36. The van der Waals surface area contributed by atoms with Gasteiger partial charge in [0.05, 0.1) is 0 Å². The molecule has 0 saturated carbocycles. The van der Waals surface area contributed by atoms with Crippen molar-refractivity contribution in [3.05, 3.63) is 47.3 Å². The fraction of sp³-hybridized carbons (Fsp3) is 0.214. The SMILES string of the molecule is O=C(NCCc1cc(C(=O)NO)no1)c1ccc(SC(F)(F)F)cc1. The monoisotopic (exact) mass is 375 g/mol. The van der Waals surface area contributed by atoms with Crippen LogP contribution in [0.5, 0.6) is 0 Å². The molecular weight excluding hydrogens is 363 g/mol. The number of carbonyl (C=O) groups excluding carboxylic acids is 2. The highest BCUT2D eigenvalue weighted by atomic mass is 32.2. The molecule has 0 aliphatic heterocycles. The molecule has 0 saturated heterocycles. The quantitative estimate of drug-likeness (QED) is 0.407. The summed E-state index contributed by atoms with van der Waals surface area (Å²) < 4.78 is 41.6. The van der Waals surface area contributed by atoms with Gasteiger partial charge in [0.15, 0.2) is 5.69 Å². The number of hydrogen-bond acceptors (Lipinski definition) is 6. The molecule has 3 N–H and O–H groups in total. The zero-order valence-corrected chi connectivity index (χ0v) is 13.3. The Bertz CT molecular complexity index is 747. The molecule has 2 amide bonds. The summed E-state index contributed by atoms with van der Waals surface area (Å²) in [5, 5.41) is 14.4. The van der Waals surface area contributed by atoms with Crippen molar-refractivity contribution in [1.29, 1.82) is 0 Å². The minimum absolute atomic E-state index is 0.0135. The van der Waals surface area contributed by atoms with Crippen molar-refractivity contribution in [2.75, 3.05) is 6.54 Å². The van der Waals surface area contributed by atoms with Crippen molar-refractivity contribution in [3.8, 4) is 0 Å². The van der Waals surface area contributed by atoms with E-state index >= 15 is 0 Å². The van der Waals surface area contributed by atoms with Gasteiger partial charge in [-0.2, -0.15) is 13.2 Å². The molecule has 0 aliphatic rings. The molecule has 0 spiro atoms. The Morgan fingerprint density at radius 1 is 1.20 bits per heavy atom. The van der Waals surface area contributed by atoms with Gasteiger partial charge in [0, 0.05) is 29.5 Å². The fourth-order valence-corrected chi connectivity index (χ4v) is 2.34. The molecule has 0 unspecified atom stereocenters. The van der Waals surface area contributed by atoms with Crippen molar-refractivity contribution in [1.82, 2.24) is 16.0 Å². The molecule has 1 aromatic carbocycles. The smallest absolute Gasteiger partial charge is 0.361 e. The first-order valence-electron chi connectivity index (χ1n) is 6.82. The number of nitrogens with one attached hydrogen (secondary N) is 2. The van der Waals surface area contributed by atoms with Crippen molar-refractivity contribution >= 4 is 23.6 Å². The first-order chi connectivity index (χ1) is 11.8. The van der Waals surface area contributed by atoms with Crippen LogP contribution in [-0.4, -0.2) is 34.2 Å². The summed E-state index contributed by atoms with van der Waals surface area (Å²) in [6.07, 6.45) is 0.236. The van der Waals surface area contributed by atoms with Crippen LogP contribution >= 0.6 is 11.8 Å². The normalized spacial score (nSPS) is 11.2. The lowest BCUT2D eigenvalue weighted by Gasteiger charge is -2.07. The molecule has 0 atom stereocenters. The van der Waals surface area contributed by atoms with Gasteiger partial charge in [0.25, 0.3) is 11.8 Å². The maximum atomic E-state index is 12.2. The van der Waals surface area contributed by atoms with Crippen LogP contribution in [0.15, 0.2) is 39.8 Å². The third-order valence-corrected chi connectivity index (χ3v) is 3.64. The van der Waals surface area contributed by atoms with Crippen LogP contribution in [0.3, 0.4) is 0 Å². The lowest BCUT2D eigenvalue weighted by atomic mass is 10.2. The molecule has 0 bridgehead atoms. The highest BCUT2D eigenvalue weighted by Gasteiger charge is 2.29.